The maximum atomic E-state index is 11.7. The predicted molar refractivity (Wildman–Crippen MR) is 103 cm³/mol. The molecule has 2 N–H and O–H groups in total. The Balaban J connectivity index is 0.000000271. The highest BCUT2D eigenvalue weighted by molar-refractivity contribution is 7.91. The van der Waals surface area contributed by atoms with Crippen LogP contribution in [0.2, 0.25) is 0 Å². The third kappa shape index (κ3) is 6.53. The van der Waals surface area contributed by atoms with Crippen LogP contribution in [0.15, 0.2) is 47.4 Å². The van der Waals surface area contributed by atoms with Crippen LogP contribution >= 0.6 is 0 Å². The summed E-state index contributed by atoms with van der Waals surface area (Å²) >= 11 is 0. The van der Waals surface area contributed by atoms with Gasteiger partial charge in [0.05, 0.1) is 21.8 Å². The van der Waals surface area contributed by atoms with E-state index in [1.165, 1.54) is 25.1 Å². The van der Waals surface area contributed by atoms with Crippen molar-refractivity contribution in [1.82, 2.24) is 0 Å². The maximum Gasteiger partial charge on any atom is 0.335 e. The summed E-state index contributed by atoms with van der Waals surface area (Å²) in [6.07, 6.45) is 1.64. The van der Waals surface area contributed by atoms with Crippen LogP contribution in [0.4, 0.5) is 0 Å². The summed E-state index contributed by atoms with van der Waals surface area (Å²) in [5.74, 6) is -1.96. The summed E-state index contributed by atoms with van der Waals surface area (Å²) in [6, 6.07) is 11.2. The van der Waals surface area contributed by atoms with Crippen molar-refractivity contribution in [1.29, 1.82) is 0 Å². The predicted octanol–water partition coefficient (Wildman–Crippen LogP) is 3.96. The highest BCUT2D eigenvalue weighted by atomic mass is 32.2. The van der Waals surface area contributed by atoms with Crippen LogP contribution in [0, 0.1) is 13.8 Å². The average molecular weight is 392 g/mol. The molecule has 0 radical (unpaired) electrons. The molecule has 0 aliphatic rings. The van der Waals surface area contributed by atoms with Gasteiger partial charge in [-0.05, 0) is 50.1 Å². The third-order valence-corrected chi connectivity index (χ3v) is 5.76. The van der Waals surface area contributed by atoms with Gasteiger partial charge in [-0.25, -0.2) is 18.0 Å². The number of hydrogen-bond acceptors (Lipinski definition) is 4. The van der Waals surface area contributed by atoms with Crippen LogP contribution in [0.3, 0.4) is 0 Å². The number of carbonyl (C=O) groups is 2. The van der Waals surface area contributed by atoms with E-state index < -0.39 is 21.8 Å². The van der Waals surface area contributed by atoms with E-state index in [9.17, 15) is 18.0 Å². The highest BCUT2D eigenvalue weighted by Crippen LogP contribution is 2.14. The van der Waals surface area contributed by atoms with Gasteiger partial charge in [-0.3, -0.25) is 0 Å². The lowest BCUT2D eigenvalue weighted by Gasteiger charge is -2.03. The maximum absolute atomic E-state index is 11.7. The first-order valence-corrected chi connectivity index (χ1v) is 10.1. The molecule has 6 nitrogen and oxygen atoms in total. The fraction of sp³-hybridized carbons (Fsp3) is 0.300. The topological polar surface area (TPSA) is 109 Å². The van der Waals surface area contributed by atoms with E-state index in [1.54, 1.807) is 12.1 Å². The number of benzene rings is 2. The Morgan fingerprint density at radius 3 is 1.78 bits per heavy atom. The third-order valence-electron chi connectivity index (χ3n) is 3.94. The van der Waals surface area contributed by atoms with Gasteiger partial charge in [0.15, 0.2) is 9.84 Å². The molecule has 0 bridgehead atoms. The van der Waals surface area contributed by atoms with E-state index >= 15 is 0 Å². The standard InChI is InChI=1S/C11H16O2S.C9H8O4/c1-3-4-9-14(12,13)11-7-5-10(2)6-8-11;1-5-6(8(10)11)3-2-4-7(5)9(12)13/h5-8H,3-4,9H2,1-2H3;2-4H,1H3,(H,10,11)(H,12,13). The smallest absolute Gasteiger partial charge is 0.335 e. The van der Waals surface area contributed by atoms with Gasteiger partial charge < -0.3 is 10.2 Å². The number of rotatable bonds is 6. The second-order valence-electron chi connectivity index (χ2n) is 6.07. The minimum atomic E-state index is -3.04. The van der Waals surface area contributed by atoms with Crippen LogP contribution in [0.1, 0.15) is 51.6 Å². The number of unbranched alkanes of at least 4 members (excludes halogenated alkanes) is 1. The Bertz CT molecular complexity index is 866. The SMILES string of the molecule is CCCCS(=O)(=O)c1ccc(C)cc1.Cc1c(C(=O)O)cccc1C(=O)O. The summed E-state index contributed by atoms with van der Waals surface area (Å²) in [4.78, 5) is 21.6. The monoisotopic (exact) mass is 392 g/mol. The van der Waals surface area contributed by atoms with Gasteiger partial charge >= 0.3 is 11.9 Å². The molecule has 0 aliphatic heterocycles. The van der Waals surface area contributed by atoms with Crippen LogP contribution in [-0.2, 0) is 9.84 Å². The van der Waals surface area contributed by atoms with Crippen molar-refractivity contribution in [3.8, 4) is 0 Å². The lowest BCUT2D eigenvalue weighted by Crippen LogP contribution is -2.06. The van der Waals surface area contributed by atoms with Crippen LogP contribution in [0.5, 0.6) is 0 Å². The van der Waals surface area contributed by atoms with Crippen molar-refractivity contribution in [2.75, 3.05) is 5.75 Å². The molecule has 0 heterocycles. The second kappa shape index (κ2) is 9.87. The number of hydrogen-bond donors (Lipinski definition) is 2. The van der Waals surface area contributed by atoms with Crippen LogP contribution in [-0.4, -0.2) is 36.3 Å². The average Bonchev–Trinajstić information content (AvgIpc) is 2.60. The molecule has 0 spiro atoms. The number of sulfone groups is 1. The van der Waals surface area contributed by atoms with Gasteiger partial charge in [0.2, 0.25) is 0 Å². The Hall–Kier alpha value is -2.67. The molecule has 0 saturated carbocycles. The number of carboxylic acids is 2. The normalized spacial score (nSPS) is 10.6. The first kappa shape index (κ1) is 22.4. The number of carboxylic acid groups (broad SMARTS) is 2. The molecule has 0 aliphatic carbocycles. The molecule has 0 atom stereocenters. The molecule has 7 heteroatoms. The minimum absolute atomic E-state index is 0.0277. The molecule has 0 amide bonds. The zero-order valence-electron chi connectivity index (χ0n) is 15.6. The summed E-state index contributed by atoms with van der Waals surface area (Å²) in [7, 11) is -3.04. The zero-order chi connectivity index (χ0) is 20.6. The van der Waals surface area contributed by atoms with Crippen LogP contribution in [0.25, 0.3) is 0 Å². The molecule has 2 aromatic carbocycles. The van der Waals surface area contributed by atoms with Crippen molar-refractivity contribution in [3.63, 3.8) is 0 Å². The van der Waals surface area contributed by atoms with E-state index in [1.807, 2.05) is 26.0 Å². The Morgan fingerprint density at radius 2 is 1.37 bits per heavy atom. The van der Waals surface area contributed by atoms with E-state index in [0.29, 0.717) is 4.90 Å². The van der Waals surface area contributed by atoms with Crippen LogP contribution < -0.4 is 0 Å². The summed E-state index contributed by atoms with van der Waals surface area (Å²) in [5.41, 5.74) is 1.42. The molecule has 2 rings (SSSR count). The van der Waals surface area contributed by atoms with E-state index in [2.05, 4.69) is 0 Å². The molecule has 2 aromatic rings. The molecule has 0 fully saturated rings. The zero-order valence-corrected chi connectivity index (χ0v) is 16.4. The minimum Gasteiger partial charge on any atom is -0.478 e. The van der Waals surface area contributed by atoms with Crippen molar-refractivity contribution in [3.05, 3.63) is 64.7 Å². The van der Waals surface area contributed by atoms with Crippen molar-refractivity contribution in [2.24, 2.45) is 0 Å². The summed E-state index contributed by atoms with van der Waals surface area (Å²) in [5, 5.41) is 17.4. The summed E-state index contributed by atoms with van der Waals surface area (Å²) < 4.78 is 23.4. The Morgan fingerprint density at radius 1 is 0.889 bits per heavy atom. The van der Waals surface area contributed by atoms with Crippen molar-refractivity contribution >= 4 is 21.8 Å². The lowest BCUT2D eigenvalue weighted by atomic mass is 10.0. The largest absolute Gasteiger partial charge is 0.478 e. The Kier molecular flexibility index (Phi) is 8.18. The first-order valence-electron chi connectivity index (χ1n) is 8.45. The highest BCUT2D eigenvalue weighted by Gasteiger charge is 2.14. The molecule has 146 valence electrons. The van der Waals surface area contributed by atoms with Gasteiger partial charge in [-0.1, -0.05) is 37.1 Å². The summed E-state index contributed by atoms with van der Waals surface area (Å²) in [6.45, 7) is 5.42. The molecular formula is C20H24O6S. The van der Waals surface area contributed by atoms with Gasteiger partial charge in [-0.2, -0.15) is 0 Å². The van der Waals surface area contributed by atoms with Gasteiger partial charge in [0.1, 0.15) is 0 Å². The molecule has 0 saturated heterocycles. The van der Waals surface area contributed by atoms with E-state index in [4.69, 9.17) is 10.2 Å². The molecular weight excluding hydrogens is 368 g/mol. The van der Waals surface area contributed by atoms with Crippen molar-refractivity contribution in [2.45, 2.75) is 38.5 Å². The number of aryl methyl sites for hydroxylation is 1. The van der Waals surface area contributed by atoms with E-state index in [0.717, 1.165) is 18.4 Å². The number of aromatic carboxylic acids is 2. The molecule has 0 unspecified atom stereocenters. The van der Waals surface area contributed by atoms with Crippen molar-refractivity contribution < 1.29 is 28.2 Å². The fourth-order valence-electron chi connectivity index (χ4n) is 2.30. The lowest BCUT2D eigenvalue weighted by molar-refractivity contribution is 0.0696. The van der Waals surface area contributed by atoms with Gasteiger partial charge in [0.25, 0.3) is 0 Å². The first-order chi connectivity index (χ1) is 12.6. The van der Waals surface area contributed by atoms with Gasteiger partial charge in [-0.15, -0.1) is 0 Å². The fourth-order valence-corrected chi connectivity index (χ4v) is 3.75. The van der Waals surface area contributed by atoms with Gasteiger partial charge in [0, 0.05) is 0 Å². The second-order valence-corrected chi connectivity index (χ2v) is 8.18. The molecule has 27 heavy (non-hydrogen) atoms. The Labute approximate surface area is 159 Å². The quantitative estimate of drug-likeness (QED) is 0.770. The van der Waals surface area contributed by atoms with E-state index in [-0.39, 0.29) is 22.4 Å². The molecule has 0 aromatic heterocycles.